The highest BCUT2D eigenvalue weighted by Gasteiger charge is 2.24. The molecule has 5 nitrogen and oxygen atoms in total. The fraction of sp³-hybridized carbons (Fsp3) is 0.632. The zero-order valence-corrected chi connectivity index (χ0v) is 16.1. The average molecular weight is 369 g/mol. The second kappa shape index (κ2) is 9.53. The summed E-state index contributed by atoms with van der Waals surface area (Å²) in [5.41, 5.74) is 1.04. The molecular formula is C19H29ClN2O3. The molecule has 0 unspecified atom stereocenters. The summed E-state index contributed by atoms with van der Waals surface area (Å²) in [5.74, 6) is 0.250. The minimum Gasteiger partial charge on any atom is -0.389 e. The zero-order chi connectivity index (χ0) is 18.4. The Morgan fingerprint density at radius 2 is 1.76 bits per heavy atom. The predicted octanol–water partition coefficient (Wildman–Crippen LogP) is 2.58. The maximum Gasteiger partial charge on any atom is 0.225 e. The first-order valence-corrected chi connectivity index (χ1v) is 9.31. The Kier molecular flexibility index (Phi) is 7.69. The molecule has 0 aromatic heterocycles. The van der Waals surface area contributed by atoms with Crippen molar-refractivity contribution in [1.82, 2.24) is 9.80 Å². The number of nitrogens with zero attached hydrogens (tertiary/aromatic N) is 2. The molecule has 2 rings (SSSR count). The van der Waals surface area contributed by atoms with E-state index in [2.05, 4.69) is 4.90 Å². The van der Waals surface area contributed by atoms with Gasteiger partial charge in [0.1, 0.15) is 0 Å². The average Bonchev–Trinajstić information content (AvgIpc) is 2.60. The summed E-state index contributed by atoms with van der Waals surface area (Å²) in [6, 6.07) is 7.55. The third-order valence-corrected chi connectivity index (χ3v) is 4.78. The number of carbonyl (C=O) groups is 1. The highest BCUT2D eigenvalue weighted by Crippen LogP contribution is 2.19. The van der Waals surface area contributed by atoms with E-state index in [9.17, 15) is 9.90 Å². The second-order valence-corrected chi connectivity index (χ2v) is 7.40. The molecule has 0 saturated carbocycles. The van der Waals surface area contributed by atoms with E-state index in [-0.39, 0.29) is 24.5 Å². The second-order valence-electron chi connectivity index (χ2n) is 6.96. The number of rotatable bonds is 7. The van der Waals surface area contributed by atoms with Crippen molar-refractivity contribution in [3.05, 3.63) is 34.9 Å². The van der Waals surface area contributed by atoms with Gasteiger partial charge in [-0.2, -0.15) is 0 Å². The Labute approximate surface area is 155 Å². The summed E-state index contributed by atoms with van der Waals surface area (Å²) in [5, 5.41) is 10.9. The topological polar surface area (TPSA) is 53.0 Å². The number of aliphatic hydroxyl groups excluding tert-OH is 1. The van der Waals surface area contributed by atoms with E-state index < -0.39 is 6.10 Å². The predicted molar refractivity (Wildman–Crippen MR) is 99.7 cm³/mol. The van der Waals surface area contributed by atoms with Crippen molar-refractivity contribution >= 4 is 17.5 Å². The van der Waals surface area contributed by atoms with Gasteiger partial charge in [0.05, 0.1) is 18.8 Å². The van der Waals surface area contributed by atoms with Crippen molar-refractivity contribution in [2.75, 3.05) is 39.3 Å². The van der Waals surface area contributed by atoms with E-state index in [0.29, 0.717) is 11.6 Å². The summed E-state index contributed by atoms with van der Waals surface area (Å²) < 4.78 is 5.78. The first-order valence-electron chi connectivity index (χ1n) is 8.93. The number of benzene rings is 1. The number of halogens is 1. The van der Waals surface area contributed by atoms with E-state index in [0.717, 1.165) is 31.7 Å². The number of aliphatic hydroxyl groups is 1. The highest BCUT2D eigenvalue weighted by atomic mass is 35.5. The number of hydrogen-bond donors (Lipinski definition) is 1. The molecule has 1 heterocycles. The summed E-state index contributed by atoms with van der Waals surface area (Å²) in [7, 11) is 0. The lowest BCUT2D eigenvalue weighted by Crippen LogP contribution is -2.51. The molecule has 1 amide bonds. The summed E-state index contributed by atoms with van der Waals surface area (Å²) >= 11 is 5.89. The van der Waals surface area contributed by atoms with Crippen LogP contribution in [-0.2, 0) is 9.53 Å². The highest BCUT2D eigenvalue weighted by molar-refractivity contribution is 6.30. The summed E-state index contributed by atoms with van der Waals surface area (Å²) in [6.07, 6.45) is -0.630. The fourth-order valence-electron chi connectivity index (χ4n) is 2.95. The molecule has 140 valence electrons. The standard InChI is InChI=1S/C19H29ClN2O3/c1-14(2)19(24)22-10-8-21(9-11-22)12-18(23)13-25-15(3)16-4-6-17(20)7-5-16/h4-7,14-15,18,23H,8-13H2,1-3H3/t15-,18-/m0/s1. The van der Waals surface area contributed by atoms with Gasteiger partial charge in [0.2, 0.25) is 5.91 Å². The molecule has 1 N–H and O–H groups in total. The van der Waals surface area contributed by atoms with Gasteiger partial charge in [-0.3, -0.25) is 9.69 Å². The van der Waals surface area contributed by atoms with Crippen LogP contribution in [-0.4, -0.2) is 66.2 Å². The third-order valence-electron chi connectivity index (χ3n) is 4.52. The van der Waals surface area contributed by atoms with Gasteiger partial charge >= 0.3 is 0 Å². The molecule has 6 heteroatoms. The molecule has 0 bridgehead atoms. The quantitative estimate of drug-likeness (QED) is 0.803. The Bertz CT molecular complexity index is 542. The number of carbonyl (C=O) groups excluding carboxylic acids is 1. The van der Waals surface area contributed by atoms with Crippen LogP contribution in [0.3, 0.4) is 0 Å². The lowest BCUT2D eigenvalue weighted by Gasteiger charge is -2.36. The molecular weight excluding hydrogens is 340 g/mol. The molecule has 1 aliphatic heterocycles. The molecule has 0 aliphatic carbocycles. The molecule has 1 aromatic carbocycles. The van der Waals surface area contributed by atoms with Crippen molar-refractivity contribution in [1.29, 1.82) is 0 Å². The van der Waals surface area contributed by atoms with Crippen molar-refractivity contribution in [3.8, 4) is 0 Å². The van der Waals surface area contributed by atoms with Crippen molar-refractivity contribution in [2.45, 2.75) is 33.0 Å². The lowest BCUT2D eigenvalue weighted by atomic mass is 10.1. The van der Waals surface area contributed by atoms with Gasteiger partial charge in [-0.25, -0.2) is 0 Å². The molecule has 2 atom stereocenters. The van der Waals surface area contributed by atoms with Crippen molar-refractivity contribution in [2.24, 2.45) is 5.92 Å². The first-order chi connectivity index (χ1) is 11.9. The number of piperazine rings is 1. The molecule has 1 aliphatic rings. The van der Waals surface area contributed by atoms with Gasteiger partial charge in [0.25, 0.3) is 0 Å². The van der Waals surface area contributed by atoms with Gasteiger partial charge in [-0.05, 0) is 24.6 Å². The maximum absolute atomic E-state index is 12.0. The molecule has 25 heavy (non-hydrogen) atoms. The van der Waals surface area contributed by atoms with Crippen LogP contribution in [0.1, 0.15) is 32.4 Å². The largest absolute Gasteiger partial charge is 0.389 e. The maximum atomic E-state index is 12.0. The number of amides is 1. The van der Waals surface area contributed by atoms with Crippen LogP contribution in [0.5, 0.6) is 0 Å². The Hall–Kier alpha value is -1.14. The lowest BCUT2D eigenvalue weighted by molar-refractivity contribution is -0.136. The normalized spacial score (nSPS) is 18.4. The van der Waals surface area contributed by atoms with Crippen molar-refractivity contribution in [3.63, 3.8) is 0 Å². The van der Waals surface area contributed by atoms with Gasteiger partial charge in [0.15, 0.2) is 0 Å². The van der Waals surface area contributed by atoms with Crippen LogP contribution in [0.4, 0.5) is 0 Å². The zero-order valence-electron chi connectivity index (χ0n) is 15.3. The van der Waals surface area contributed by atoms with Crippen LogP contribution in [0.15, 0.2) is 24.3 Å². The van der Waals surface area contributed by atoms with E-state index in [1.54, 1.807) is 0 Å². The van der Waals surface area contributed by atoms with Crippen molar-refractivity contribution < 1.29 is 14.6 Å². The van der Waals surface area contributed by atoms with E-state index in [1.165, 1.54) is 0 Å². The Morgan fingerprint density at radius 3 is 2.32 bits per heavy atom. The van der Waals surface area contributed by atoms with Gasteiger partial charge in [-0.1, -0.05) is 37.6 Å². The molecule has 0 spiro atoms. The van der Waals surface area contributed by atoms with Crippen LogP contribution < -0.4 is 0 Å². The van der Waals surface area contributed by atoms with E-state index in [1.807, 2.05) is 49.9 Å². The van der Waals surface area contributed by atoms with Crippen LogP contribution >= 0.6 is 11.6 Å². The van der Waals surface area contributed by atoms with Gasteiger partial charge < -0.3 is 14.7 Å². The third kappa shape index (κ3) is 6.26. The van der Waals surface area contributed by atoms with Crippen LogP contribution in [0, 0.1) is 5.92 Å². The first kappa shape index (κ1) is 20.2. The van der Waals surface area contributed by atoms with Gasteiger partial charge in [0, 0.05) is 43.7 Å². The van der Waals surface area contributed by atoms with E-state index >= 15 is 0 Å². The molecule has 0 radical (unpaired) electrons. The van der Waals surface area contributed by atoms with Crippen LogP contribution in [0.2, 0.25) is 5.02 Å². The monoisotopic (exact) mass is 368 g/mol. The molecule has 1 aromatic rings. The van der Waals surface area contributed by atoms with Gasteiger partial charge in [-0.15, -0.1) is 0 Å². The number of hydrogen-bond acceptors (Lipinski definition) is 4. The fourth-order valence-corrected chi connectivity index (χ4v) is 3.08. The van der Waals surface area contributed by atoms with Crippen LogP contribution in [0.25, 0.3) is 0 Å². The SMILES string of the molecule is CC(C)C(=O)N1CCN(C[C@H](O)CO[C@@H](C)c2ccc(Cl)cc2)CC1. The summed E-state index contributed by atoms with van der Waals surface area (Å²) in [6.45, 7) is 9.72. The molecule has 1 fully saturated rings. The Balaban J connectivity index is 1.69. The summed E-state index contributed by atoms with van der Waals surface area (Å²) in [4.78, 5) is 16.1. The minimum absolute atomic E-state index is 0.0416. The van der Waals surface area contributed by atoms with E-state index in [4.69, 9.17) is 16.3 Å². The molecule has 1 saturated heterocycles. The smallest absolute Gasteiger partial charge is 0.225 e. The number of ether oxygens (including phenoxy) is 1. The Morgan fingerprint density at radius 1 is 1.16 bits per heavy atom. The minimum atomic E-state index is -0.540. The number of β-amino-alcohol motifs (C(OH)–C–C–N with tert-alkyl or cyclic N) is 1.